The van der Waals surface area contributed by atoms with E-state index in [1.807, 2.05) is 0 Å². The average molecular weight is 304 g/mol. The van der Waals surface area contributed by atoms with Gasteiger partial charge in [-0.3, -0.25) is 10.1 Å². The van der Waals surface area contributed by atoms with E-state index in [4.69, 9.17) is 4.74 Å². The maximum absolute atomic E-state index is 13.6. The van der Waals surface area contributed by atoms with Crippen molar-refractivity contribution in [3.63, 3.8) is 0 Å². The summed E-state index contributed by atoms with van der Waals surface area (Å²) in [7, 11) is 0. The zero-order valence-electron chi connectivity index (χ0n) is 9.15. The molecular weight excluding hydrogens is 293 g/mol. The van der Waals surface area contributed by atoms with Crippen molar-refractivity contribution in [2.24, 2.45) is 0 Å². The molecule has 0 radical (unpaired) electrons. The summed E-state index contributed by atoms with van der Waals surface area (Å²) >= 11 is 3.41. The minimum absolute atomic E-state index is 0.00488. The Bertz CT molecular complexity index is 460. The number of halogens is 2. The van der Waals surface area contributed by atoms with Gasteiger partial charge in [-0.05, 0) is 25.8 Å². The van der Waals surface area contributed by atoms with Gasteiger partial charge in [-0.15, -0.1) is 0 Å². The Kier molecular flexibility index (Phi) is 3.33. The number of rotatable bonds is 3. The van der Waals surface area contributed by atoms with E-state index in [2.05, 4.69) is 15.9 Å². The zero-order valence-corrected chi connectivity index (χ0v) is 10.7. The van der Waals surface area contributed by atoms with E-state index in [0.717, 1.165) is 18.9 Å². The maximum Gasteiger partial charge on any atom is 0.275 e. The number of nitrogens with zero attached hydrogens (tertiary/aromatic N) is 1. The third-order valence-corrected chi connectivity index (χ3v) is 3.53. The van der Waals surface area contributed by atoms with Gasteiger partial charge < -0.3 is 4.74 Å². The Morgan fingerprint density at radius 2 is 2.18 bits per heavy atom. The molecule has 0 bridgehead atoms. The third kappa shape index (κ3) is 2.57. The van der Waals surface area contributed by atoms with E-state index in [-0.39, 0.29) is 17.5 Å². The van der Waals surface area contributed by atoms with Crippen LogP contribution in [0.1, 0.15) is 18.4 Å². The lowest BCUT2D eigenvalue weighted by atomic mass is 9.96. The van der Waals surface area contributed by atoms with Crippen LogP contribution >= 0.6 is 15.9 Å². The summed E-state index contributed by atoms with van der Waals surface area (Å²) in [6.45, 7) is 1.57. The van der Waals surface area contributed by atoms with Crippen molar-refractivity contribution in [2.45, 2.75) is 30.7 Å². The van der Waals surface area contributed by atoms with Crippen LogP contribution in [0.3, 0.4) is 0 Å². The van der Waals surface area contributed by atoms with Gasteiger partial charge in [0.2, 0.25) is 0 Å². The van der Waals surface area contributed by atoms with Crippen molar-refractivity contribution in [1.82, 2.24) is 0 Å². The lowest BCUT2D eigenvalue weighted by molar-refractivity contribution is -0.385. The quantitative estimate of drug-likeness (QED) is 0.489. The maximum atomic E-state index is 13.6. The molecule has 92 valence electrons. The van der Waals surface area contributed by atoms with Crippen molar-refractivity contribution < 1.29 is 14.1 Å². The standard InChI is InChI=1S/C11H11BrFNO3/c1-6-2-11(17-8-3-7(12)4-8)9(13)5-10(6)14(15)16/h2,5,7-8H,3-4H2,1H3. The molecule has 1 aliphatic carbocycles. The Morgan fingerprint density at radius 1 is 1.53 bits per heavy atom. The van der Waals surface area contributed by atoms with Crippen LogP contribution in [-0.2, 0) is 0 Å². The summed E-state index contributed by atoms with van der Waals surface area (Å²) in [5.41, 5.74) is 0.183. The highest BCUT2D eigenvalue weighted by atomic mass is 79.9. The van der Waals surface area contributed by atoms with E-state index < -0.39 is 10.7 Å². The van der Waals surface area contributed by atoms with Gasteiger partial charge in [0, 0.05) is 10.4 Å². The van der Waals surface area contributed by atoms with Crippen molar-refractivity contribution in [1.29, 1.82) is 0 Å². The van der Waals surface area contributed by atoms with Crippen molar-refractivity contribution >= 4 is 21.6 Å². The molecule has 0 heterocycles. The molecular formula is C11H11BrFNO3. The largest absolute Gasteiger partial charge is 0.487 e. The normalized spacial score (nSPS) is 23.0. The van der Waals surface area contributed by atoms with Gasteiger partial charge in [-0.1, -0.05) is 15.9 Å². The lowest BCUT2D eigenvalue weighted by Gasteiger charge is -2.31. The van der Waals surface area contributed by atoms with Crippen molar-refractivity contribution in [2.75, 3.05) is 0 Å². The van der Waals surface area contributed by atoms with Crippen LogP contribution in [0, 0.1) is 22.9 Å². The van der Waals surface area contributed by atoms with Gasteiger partial charge in [0.25, 0.3) is 5.69 Å². The van der Waals surface area contributed by atoms with E-state index >= 15 is 0 Å². The molecule has 0 unspecified atom stereocenters. The van der Waals surface area contributed by atoms with Gasteiger partial charge in [0.1, 0.15) is 6.10 Å². The summed E-state index contributed by atoms with van der Waals surface area (Å²) < 4.78 is 19.0. The fraction of sp³-hybridized carbons (Fsp3) is 0.455. The van der Waals surface area contributed by atoms with E-state index in [1.165, 1.54) is 6.07 Å². The monoisotopic (exact) mass is 303 g/mol. The summed E-state index contributed by atoms with van der Waals surface area (Å²) in [4.78, 5) is 10.4. The predicted molar refractivity (Wildman–Crippen MR) is 64.2 cm³/mol. The number of benzene rings is 1. The lowest BCUT2D eigenvalue weighted by Crippen LogP contribution is -2.34. The number of hydrogen-bond donors (Lipinski definition) is 0. The second kappa shape index (κ2) is 4.60. The van der Waals surface area contributed by atoms with E-state index in [1.54, 1.807) is 6.92 Å². The van der Waals surface area contributed by atoms with Crippen LogP contribution in [0.4, 0.5) is 10.1 Å². The molecule has 0 N–H and O–H groups in total. The number of nitro benzene ring substituents is 1. The molecule has 1 saturated carbocycles. The smallest absolute Gasteiger partial charge is 0.275 e. The molecule has 2 rings (SSSR count). The van der Waals surface area contributed by atoms with Crippen molar-refractivity contribution in [3.05, 3.63) is 33.6 Å². The number of aryl methyl sites for hydroxylation is 1. The van der Waals surface area contributed by atoms with E-state index in [0.29, 0.717) is 10.4 Å². The third-order valence-electron chi connectivity index (χ3n) is 2.78. The summed E-state index contributed by atoms with van der Waals surface area (Å²) in [5, 5.41) is 10.6. The molecule has 0 spiro atoms. The van der Waals surface area contributed by atoms with Gasteiger partial charge in [-0.25, -0.2) is 4.39 Å². The average Bonchev–Trinajstić information content (AvgIpc) is 2.20. The molecule has 1 aromatic rings. The molecule has 0 amide bonds. The fourth-order valence-electron chi connectivity index (χ4n) is 1.71. The first kappa shape index (κ1) is 12.3. The first-order valence-electron chi connectivity index (χ1n) is 5.22. The molecule has 0 atom stereocenters. The second-order valence-corrected chi connectivity index (χ2v) is 5.43. The number of nitro groups is 1. The van der Waals surface area contributed by atoms with Crippen LogP contribution < -0.4 is 4.74 Å². The Labute approximate surface area is 106 Å². The zero-order chi connectivity index (χ0) is 12.6. The molecule has 0 aromatic heterocycles. The molecule has 1 aromatic carbocycles. The van der Waals surface area contributed by atoms with Crippen LogP contribution in [0.2, 0.25) is 0 Å². The molecule has 17 heavy (non-hydrogen) atoms. The van der Waals surface area contributed by atoms with Crippen molar-refractivity contribution in [3.8, 4) is 5.75 Å². The van der Waals surface area contributed by atoms with Gasteiger partial charge in [-0.2, -0.15) is 0 Å². The highest BCUT2D eigenvalue weighted by Crippen LogP contribution is 2.34. The molecule has 0 aliphatic heterocycles. The highest BCUT2D eigenvalue weighted by molar-refractivity contribution is 9.09. The SMILES string of the molecule is Cc1cc(OC2CC(Br)C2)c(F)cc1[N+](=O)[O-]. The minimum Gasteiger partial charge on any atom is -0.487 e. The predicted octanol–water partition coefficient (Wildman–Crippen LogP) is 3.35. The van der Waals surface area contributed by atoms with Crippen LogP contribution in [-0.4, -0.2) is 15.9 Å². The molecule has 4 nitrogen and oxygen atoms in total. The number of ether oxygens (including phenoxy) is 1. The Morgan fingerprint density at radius 3 is 2.71 bits per heavy atom. The number of hydrogen-bond acceptors (Lipinski definition) is 3. The molecule has 1 fully saturated rings. The number of alkyl halides is 1. The topological polar surface area (TPSA) is 52.4 Å². The first-order chi connectivity index (χ1) is 7.97. The summed E-state index contributed by atoms with van der Waals surface area (Å²) in [5.74, 6) is -0.585. The summed E-state index contributed by atoms with van der Waals surface area (Å²) in [6.07, 6.45) is 1.65. The molecule has 1 aliphatic rings. The fourth-order valence-corrected chi connectivity index (χ4v) is 2.54. The Balaban J connectivity index is 2.18. The van der Waals surface area contributed by atoms with Gasteiger partial charge >= 0.3 is 0 Å². The van der Waals surface area contributed by atoms with Crippen LogP contribution in [0.5, 0.6) is 5.75 Å². The van der Waals surface area contributed by atoms with E-state index in [9.17, 15) is 14.5 Å². The van der Waals surface area contributed by atoms with Crippen LogP contribution in [0.25, 0.3) is 0 Å². The minimum atomic E-state index is -0.680. The molecule has 6 heteroatoms. The van der Waals surface area contributed by atoms with Gasteiger partial charge in [0.05, 0.1) is 11.0 Å². The van der Waals surface area contributed by atoms with Gasteiger partial charge in [0.15, 0.2) is 11.6 Å². The summed E-state index contributed by atoms with van der Waals surface area (Å²) in [6, 6.07) is 2.30. The highest BCUT2D eigenvalue weighted by Gasteiger charge is 2.29. The Hall–Kier alpha value is -1.17. The van der Waals surface area contributed by atoms with Crippen LogP contribution in [0.15, 0.2) is 12.1 Å². The molecule has 0 saturated heterocycles. The second-order valence-electron chi connectivity index (χ2n) is 4.13. The first-order valence-corrected chi connectivity index (χ1v) is 6.14.